The van der Waals surface area contributed by atoms with Crippen LogP contribution in [0.2, 0.25) is 5.02 Å². The second-order valence-electron chi connectivity index (χ2n) is 3.89. The summed E-state index contributed by atoms with van der Waals surface area (Å²) in [6.07, 6.45) is 1.47. The van der Waals surface area contributed by atoms with Crippen molar-refractivity contribution in [2.45, 2.75) is 26.4 Å². The quantitative estimate of drug-likeness (QED) is 0.794. The van der Waals surface area contributed by atoms with Crippen LogP contribution in [0.3, 0.4) is 0 Å². The predicted octanol–water partition coefficient (Wildman–Crippen LogP) is 2.18. The van der Waals surface area contributed by atoms with Crippen LogP contribution in [-0.2, 0) is 5.60 Å². The largest absolute Gasteiger partial charge is 0.385 e. The number of rotatable bonds is 2. The third kappa shape index (κ3) is 1.99. The summed E-state index contributed by atoms with van der Waals surface area (Å²) in [4.78, 5) is 3.91. The second-order valence-corrected chi connectivity index (χ2v) is 4.32. The van der Waals surface area contributed by atoms with Crippen LogP contribution in [0.5, 0.6) is 0 Å². The standard InChI is InChI=1S/C10H15ClN2O/c1-6(2)10(3,14)8-4-7(11)5-13-9(8)12/h4-6,14H,1-3H3,(H2,12,13). The van der Waals surface area contributed by atoms with E-state index in [9.17, 15) is 5.11 Å². The zero-order valence-corrected chi connectivity index (χ0v) is 9.34. The minimum atomic E-state index is -0.998. The Balaban J connectivity index is 3.24. The fraction of sp³-hybridized carbons (Fsp3) is 0.500. The number of nitrogens with zero attached hydrogens (tertiary/aromatic N) is 1. The van der Waals surface area contributed by atoms with E-state index in [1.165, 1.54) is 6.20 Å². The average Bonchev–Trinajstić information content (AvgIpc) is 2.08. The fourth-order valence-electron chi connectivity index (χ4n) is 1.17. The van der Waals surface area contributed by atoms with Crippen LogP contribution in [0.15, 0.2) is 12.3 Å². The van der Waals surface area contributed by atoms with Crippen molar-refractivity contribution in [3.05, 3.63) is 22.8 Å². The summed E-state index contributed by atoms with van der Waals surface area (Å²) >= 11 is 5.80. The molecule has 3 N–H and O–H groups in total. The first-order valence-corrected chi connectivity index (χ1v) is 4.87. The monoisotopic (exact) mass is 214 g/mol. The number of hydrogen-bond donors (Lipinski definition) is 2. The lowest BCUT2D eigenvalue weighted by atomic mass is 9.85. The molecule has 1 unspecified atom stereocenters. The van der Waals surface area contributed by atoms with Crippen LogP contribution in [0, 0.1) is 5.92 Å². The van der Waals surface area contributed by atoms with Crippen LogP contribution in [0.25, 0.3) is 0 Å². The molecule has 0 fully saturated rings. The SMILES string of the molecule is CC(C)C(C)(O)c1cc(Cl)cnc1N. The molecule has 3 nitrogen and oxygen atoms in total. The highest BCUT2D eigenvalue weighted by molar-refractivity contribution is 6.30. The lowest BCUT2D eigenvalue weighted by Gasteiger charge is -2.28. The lowest BCUT2D eigenvalue weighted by Crippen LogP contribution is -2.29. The summed E-state index contributed by atoms with van der Waals surface area (Å²) in [6.45, 7) is 5.54. The normalized spacial score (nSPS) is 15.6. The second kappa shape index (κ2) is 3.75. The molecule has 0 radical (unpaired) electrons. The lowest BCUT2D eigenvalue weighted by molar-refractivity contribution is 0.00954. The number of pyridine rings is 1. The Morgan fingerprint density at radius 2 is 2.14 bits per heavy atom. The van der Waals surface area contributed by atoms with Crippen molar-refractivity contribution in [3.8, 4) is 0 Å². The zero-order valence-electron chi connectivity index (χ0n) is 8.58. The summed E-state index contributed by atoms with van der Waals surface area (Å²) < 4.78 is 0. The summed E-state index contributed by atoms with van der Waals surface area (Å²) in [5, 5.41) is 10.7. The molecule has 0 spiro atoms. The van der Waals surface area contributed by atoms with Crippen molar-refractivity contribution >= 4 is 17.4 Å². The van der Waals surface area contributed by atoms with Crippen LogP contribution >= 0.6 is 11.6 Å². The smallest absolute Gasteiger partial charge is 0.129 e. The number of hydrogen-bond acceptors (Lipinski definition) is 3. The van der Waals surface area contributed by atoms with Gasteiger partial charge >= 0.3 is 0 Å². The Hall–Kier alpha value is -0.800. The summed E-state index contributed by atoms with van der Waals surface area (Å²) in [5.74, 6) is 0.373. The van der Waals surface area contributed by atoms with Crippen LogP contribution in [-0.4, -0.2) is 10.1 Å². The Kier molecular flexibility index (Phi) is 3.02. The molecule has 0 aliphatic heterocycles. The maximum atomic E-state index is 10.2. The van der Waals surface area contributed by atoms with E-state index in [0.717, 1.165) is 0 Å². The molecular weight excluding hydrogens is 200 g/mol. The molecule has 1 atom stereocenters. The summed E-state index contributed by atoms with van der Waals surface area (Å²) in [5.41, 5.74) is 5.27. The highest BCUT2D eigenvalue weighted by Crippen LogP contribution is 2.33. The van der Waals surface area contributed by atoms with E-state index >= 15 is 0 Å². The molecule has 0 aromatic carbocycles. The van der Waals surface area contributed by atoms with Crippen molar-refractivity contribution in [2.24, 2.45) is 5.92 Å². The van der Waals surface area contributed by atoms with E-state index < -0.39 is 5.60 Å². The van der Waals surface area contributed by atoms with Gasteiger partial charge in [0, 0.05) is 11.8 Å². The van der Waals surface area contributed by atoms with Gasteiger partial charge in [-0.15, -0.1) is 0 Å². The number of nitrogens with two attached hydrogens (primary N) is 1. The molecule has 0 aliphatic carbocycles. The Bertz CT molecular complexity index is 337. The highest BCUT2D eigenvalue weighted by Gasteiger charge is 2.30. The van der Waals surface area contributed by atoms with Gasteiger partial charge in [0.25, 0.3) is 0 Å². The molecule has 0 bridgehead atoms. The Morgan fingerprint density at radius 3 is 2.64 bits per heavy atom. The van der Waals surface area contributed by atoms with Gasteiger partial charge in [-0.05, 0) is 18.9 Å². The maximum absolute atomic E-state index is 10.2. The van der Waals surface area contributed by atoms with Gasteiger partial charge in [-0.25, -0.2) is 4.98 Å². The Labute approximate surface area is 88.9 Å². The first-order valence-electron chi connectivity index (χ1n) is 4.49. The van der Waals surface area contributed by atoms with Crippen molar-refractivity contribution in [2.75, 3.05) is 5.73 Å². The molecule has 0 amide bonds. The van der Waals surface area contributed by atoms with Gasteiger partial charge in [-0.2, -0.15) is 0 Å². The molecule has 78 valence electrons. The van der Waals surface area contributed by atoms with Crippen LogP contribution < -0.4 is 5.73 Å². The van der Waals surface area contributed by atoms with Gasteiger partial charge in [-0.3, -0.25) is 0 Å². The van der Waals surface area contributed by atoms with E-state index in [4.69, 9.17) is 17.3 Å². The molecule has 14 heavy (non-hydrogen) atoms. The molecule has 1 heterocycles. The van der Waals surface area contributed by atoms with Gasteiger partial charge < -0.3 is 10.8 Å². The number of aromatic nitrogens is 1. The van der Waals surface area contributed by atoms with E-state index in [0.29, 0.717) is 16.4 Å². The molecular formula is C10H15ClN2O. The molecule has 1 rings (SSSR count). The molecule has 0 saturated heterocycles. The van der Waals surface area contributed by atoms with Crippen molar-refractivity contribution < 1.29 is 5.11 Å². The zero-order chi connectivity index (χ0) is 10.9. The minimum absolute atomic E-state index is 0.0464. The Morgan fingerprint density at radius 1 is 1.57 bits per heavy atom. The van der Waals surface area contributed by atoms with E-state index in [1.54, 1.807) is 13.0 Å². The summed E-state index contributed by atoms with van der Waals surface area (Å²) in [6, 6.07) is 1.66. The van der Waals surface area contributed by atoms with Gasteiger partial charge in [0.15, 0.2) is 0 Å². The van der Waals surface area contributed by atoms with Crippen LogP contribution in [0.4, 0.5) is 5.82 Å². The topological polar surface area (TPSA) is 59.1 Å². The van der Waals surface area contributed by atoms with Crippen molar-refractivity contribution in [1.29, 1.82) is 0 Å². The number of nitrogen functional groups attached to an aromatic ring is 1. The first-order chi connectivity index (χ1) is 6.35. The molecule has 1 aromatic heterocycles. The van der Waals surface area contributed by atoms with Crippen LogP contribution in [0.1, 0.15) is 26.3 Å². The van der Waals surface area contributed by atoms with Gasteiger partial charge in [-0.1, -0.05) is 25.4 Å². The molecule has 1 aromatic rings. The molecule has 4 heteroatoms. The number of anilines is 1. The van der Waals surface area contributed by atoms with E-state index in [-0.39, 0.29) is 5.92 Å². The molecule has 0 aliphatic rings. The maximum Gasteiger partial charge on any atom is 0.129 e. The minimum Gasteiger partial charge on any atom is -0.385 e. The van der Waals surface area contributed by atoms with Crippen molar-refractivity contribution in [3.63, 3.8) is 0 Å². The van der Waals surface area contributed by atoms with Gasteiger partial charge in [0.05, 0.1) is 10.6 Å². The molecule has 0 saturated carbocycles. The summed E-state index contributed by atoms with van der Waals surface area (Å²) in [7, 11) is 0. The van der Waals surface area contributed by atoms with E-state index in [1.807, 2.05) is 13.8 Å². The predicted molar refractivity (Wildman–Crippen MR) is 58.1 cm³/mol. The van der Waals surface area contributed by atoms with Crippen molar-refractivity contribution in [1.82, 2.24) is 4.98 Å². The van der Waals surface area contributed by atoms with Gasteiger partial charge in [0.2, 0.25) is 0 Å². The third-order valence-electron chi connectivity index (χ3n) is 2.55. The fourth-order valence-corrected chi connectivity index (χ4v) is 1.32. The number of aliphatic hydroxyl groups is 1. The first kappa shape index (κ1) is 11.3. The third-order valence-corrected chi connectivity index (χ3v) is 2.76. The van der Waals surface area contributed by atoms with E-state index in [2.05, 4.69) is 4.98 Å². The highest BCUT2D eigenvalue weighted by atomic mass is 35.5. The average molecular weight is 215 g/mol. The van der Waals surface area contributed by atoms with Gasteiger partial charge in [0.1, 0.15) is 5.82 Å². The number of halogens is 1.